The highest BCUT2D eigenvalue weighted by Gasteiger charge is 2.30. The normalized spacial score (nSPS) is 17.4. The molecule has 1 heterocycles. The molecule has 0 bridgehead atoms. The monoisotopic (exact) mass is 404 g/mol. The lowest BCUT2D eigenvalue weighted by atomic mass is 9.90. The van der Waals surface area contributed by atoms with Crippen LogP contribution in [-0.4, -0.2) is 49.6 Å². The molecule has 1 aromatic carbocycles. The molecular formula is C21H29FN4O3. The maximum Gasteiger partial charge on any atom is 0.318 e. The average molecular weight is 404 g/mol. The molecule has 2 rings (SSSR count). The molecule has 3 amide bonds. The lowest BCUT2D eigenvalue weighted by Gasteiger charge is -2.34. The number of nitriles is 1. The number of ether oxygens (including phenoxy) is 1. The summed E-state index contributed by atoms with van der Waals surface area (Å²) >= 11 is 0. The van der Waals surface area contributed by atoms with Gasteiger partial charge in [-0.1, -0.05) is 26.0 Å². The number of benzene rings is 1. The van der Waals surface area contributed by atoms with E-state index in [1.54, 1.807) is 23.1 Å². The van der Waals surface area contributed by atoms with Crippen LogP contribution >= 0.6 is 0 Å². The molecule has 0 radical (unpaired) electrons. The zero-order valence-corrected chi connectivity index (χ0v) is 17.2. The van der Waals surface area contributed by atoms with Gasteiger partial charge in [-0.15, -0.1) is 0 Å². The topological polar surface area (TPSA) is 94.5 Å². The third-order valence-corrected chi connectivity index (χ3v) is 5.02. The second-order valence-corrected chi connectivity index (χ2v) is 7.66. The summed E-state index contributed by atoms with van der Waals surface area (Å²) in [6.45, 7) is 4.72. The highest BCUT2D eigenvalue weighted by Crippen LogP contribution is 2.32. The van der Waals surface area contributed by atoms with Crippen molar-refractivity contribution >= 4 is 11.9 Å². The number of nitrogens with one attached hydrogen (secondary N) is 2. The lowest BCUT2D eigenvalue weighted by Crippen LogP contribution is -2.53. The molecule has 158 valence electrons. The van der Waals surface area contributed by atoms with Crippen LogP contribution in [0.5, 0.6) is 5.75 Å². The molecule has 2 atom stereocenters. The van der Waals surface area contributed by atoms with Gasteiger partial charge in [-0.05, 0) is 36.8 Å². The summed E-state index contributed by atoms with van der Waals surface area (Å²) in [5.41, 5.74) is 0.535. The van der Waals surface area contributed by atoms with E-state index in [0.29, 0.717) is 25.1 Å². The molecule has 1 fully saturated rings. The maximum absolute atomic E-state index is 14.6. The molecule has 1 aliphatic heterocycles. The van der Waals surface area contributed by atoms with E-state index < -0.39 is 11.9 Å². The third-order valence-electron chi connectivity index (χ3n) is 5.02. The molecule has 8 heteroatoms. The highest BCUT2D eigenvalue weighted by molar-refractivity contribution is 5.87. The van der Waals surface area contributed by atoms with Crippen LogP contribution in [0.1, 0.15) is 44.6 Å². The molecule has 0 spiro atoms. The van der Waals surface area contributed by atoms with E-state index in [0.717, 1.165) is 12.8 Å². The molecule has 29 heavy (non-hydrogen) atoms. The predicted molar refractivity (Wildman–Crippen MR) is 107 cm³/mol. The van der Waals surface area contributed by atoms with E-state index in [1.807, 2.05) is 19.9 Å². The summed E-state index contributed by atoms with van der Waals surface area (Å²) in [5.74, 6) is -0.527. The van der Waals surface area contributed by atoms with Crippen LogP contribution in [0.2, 0.25) is 0 Å². The molecule has 1 aliphatic rings. The quantitative estimate of drug-likeness (QED) is 0.683. The van der Waals surface area contributed by atoms with Crippen molar-refractivity contribution in [3.05, 3.63) is 29.6 Å². The molecule has 2 N–H and O–H groups in total. The number of methoxy groups -OCH3 is 1. The van der Waals surface area contributed by atoms with Gasteiger partial charge in [0.05, 0.1) is 13.2 Å². The fourth-order valence-corrected chi connectivity index (χ4v) is 3.61. The number of nitrogens with zero attached hydrogens (tertiary/aromatic N) is 2. The van der Waals surface area contributed by atoms with Crippen molar-refractivity contribution in [1.29, 1.82) is 5.26 Å². The molecule has 2 unspecified atom stereocenters. The zero-order chi connectivity index (χ0) is 21.4. The van der Waals surface area contributed by atoms with E-state index >= 15 is 0 Å². The van der Waals surface area contributed by atoms with Crippen molar-refractivity contribution in [3.8, 4) is 11.8 Å². The number of hydrogen-bond donors (Lipinski definition) is 2. The Morgan fingerprint density at radius 2 is 2.17 bits per heavy atom. The van der Waals surface area contributed by atoms with Crippen LogP contribution in [0, 0.1) is 23.1 Å². The molecule has 0 aliphatic carbocycles. The van der Waals surface area contributed by atoms with Gasteiger partial charge in [-0.25, -0.2) is 9.18 Å². The van der Waals surface area contributed by atoms with Gasteiger partial charge in [0, 0.05) is 19.0 Å². The summed E-state index contributed by atoms with van der Waals surface area (Å²) in [6, 6.07) is 5.83. The van der Waals surface area contributed by atoms with Crippen molar-refractivity contribution in [2.45, 2.75) is 45.1 Å². The van der Waals surface area contributed by atoms with Crippen LogP contribution in [0.25, 0.3) is 0 Å². The Kier molecular flexibility index (Phi) is 8.25. The minimum Gasteiger partial charge on any atom is -0.494 e. The van der Waals surface area contributed by atoms with E-state index in [9.17, 15) is 14.0 Å². The van der Waals surface area contributed by atoms with Gasteiger partial charge >= 0.3 is 6.03 Å². The van der Waals surface area contributed by atoms with Gasteiger partial charge in [-0.3, -0.25) is 4.79 Å². The van der Waals surface area contributed by atoms with Gasteiger partial charge in [0.2, 0.25) is 5.91 Å². The van der Waals surface area contributed by atoms with Crippen LogP contribution in [0.3, 0.4) is 0 Å². The summed E-state index contributed by atoms with van der Waals surface area (Å²) in [7, 11) is 1.43. The Labute approximate surface area is 171 Å². The second-order valence-electron chi connectivity index (χ2n) is 7.66. The minimum absolute atomic E-state index is 0.107. The standard InChI is InChI=1S/C21H29FN4O3/c1-14(2)12-17(20(27)24-10-9-23)25-21(28)26-11-5-6-15(13-26)16-7-4-8-18(29-3)19(16)22/h4,7-8,14-15,17H,5-6,10-13H2,1-3H3,(H,24,27)(H,25,28). The SMILES string of the molecule is COc1cccc(C2CCCN(C(=O)NC(CC(C)C)C(=O)NCC#N)C2)c1F. The first-order chi connectivity index (χ1) is 13.9. The Morgan fingerprint density at radius 1 is 1.41 bits per heavy atom. The number of piperidine rings is 1. The molecule has 1 aromatic rings. The van der Waals surface area contributed by atoms with Crippen molar-refractivity contribution in [2.75, 3.05) is 26.7 Å². The first-order valence-corrected chi connectivity index (χ1v) is 9.89. The van der Waals surface area contributed by atoms with Crippen molar-refractivity contribution in [2.24, 2.45) is 5.92 Å². The van der Waals surface area contributed by atoms with Gasteiger partial charge in [0.25, 0.3) is 0 Å². The Morgan fingerprint density at radius 3 is 2.83 bits per heavy atom. The van der Waals surface area contributed by atoms with E-state index in [-0.39, 0.29) is 36.1 Å². The van der Waals surface area contributed by atoms with Gasteiger partial charge < -0.3 is 20.3 Å². The van der Waals surface area contributed by atoms with Crippen LogP contribution < -0.4 is 15.4 Å². The summed E-state index contributed by atoms with van der Waals surface area (Å²) in [5, 5.41) is 13.9. The number of carbonyl (C=O) groups excluding carboxylic acids is 2. The molecule has 0 saturated carbocycles. The third kappa shape index (κ3) is 6.08. The zero-order valence-electron chi connectivity index (χ0n) is 17.2. The fourth-order valence-electron chi connectivity index (χ4n) is 3.61. The van der Waals surface area contributed by atoms with E-state index in [2.05, 4.69) is 10.6 Å². The first-order valence-electron chi connectivity index (χ1n) is 9.89. The smallest absolute Gasteiger partial charge is 0.318 e. The van der Waals surface area contributed by atoms with E-state index in [1.165, 1.54) is 7.11 Å². The first kappa shape index (κ1) is 22.5. The number of rotatable bonds is 7. The number of halogens is 1. The van der Waals surface area contributed by atoms with Crippen LogP contribution in [0.15, 0.2) is 18.2 Å². The van der Waals surface area contributed by atoms with Crippen molar-refractivity contribution in [1.82, 2.24) is 15.5 Å². The number of hydrogen-bond acceptors (Lipinski definition) is 4. The highest BCUT2D eigenvalue weighted by atomic mass is 19.1. The Balaban J connectivity index is 2.07. The number of carbonyl (C=O) groups is 2. The van der Waals surface area contributed by atoms with Gasteiger partial charge in [-0.2, -0.15) is 5.26 Å². The maximum atomic E-state index is 14.6. The van der Waals surface area contributed by atoms with Crippen molar-refractivity contribution in [3.63, 3.8) is 0 Å². The lowest BCUT2D eigenvalue weighted by molar-refractivity contribution is -0.123. The Hall–Kier alpha value is -2.82. The van der Waals surface area contributed by atoms with Crippen molar-refractivity contribution < 1.29 is 18.7 Å². The number of amides is 3. The van der Waals surface area contributed by atoms with E-state index in [4.69, 9.17) is 10.00 Å². The Bertz CT molecular complexity index is 763. The number of likely N-dealkylation sites (tertiary alicyclic amines) is 1. The summed E-state index contributed by atoms with van der Waals surface area (Å²) in [6.07, 6.45) is 1.97. The van der Waals surface area contributed by atoms with Crippen LogP contribution in [0.4, 0.5) is 9.18 Å². The molecule has 1 saturated heterocycles. The fraction of sp³-hybridized carbons (Fsp3) is 0.571. The minimum atomic E-state index is -0.718. The molecule has 7 nitrogen and oxygen atoms in total. The largest absolute Gasteiger partial charge is 0.494 e. The predicted octanol–water partition coefficient (Wildman–Crippen LogP) is 2.78. The van der Waals surface area contributed by atoms with Crippen LogP contribution in [-0.2, 0) is 4.79 Å². The average Bonchev–Trinajstić information content (AvgIpc) is 2.71. The van der Waals surface area contributed by atoms with Gasteiger partial charge in [0.1, 0.15) is 12.6 Å². The molecular weight excluding hydrogens is 375 g/mol. The second kappa shape index (κ2) is 10.6. The summed E-state index contributed by atoms with van der Waals surface area (Å²) < 4.78 is 19.7. The molecule has 0 aromatic heterocycles. The van der Waals surface area contributed by atoms with Gasteiger partial charge in [0.15, 0.2) is 11.6 Å². The number of urea groups is 1. The summed E-state index contributed by atoms with van der Waals surface area (Å²) in [4.78, 5) is 26.7.